The van der Waals surface area contributed by atoms with Gasteiger partial charge in [0, 0.05) is 11.9 Å². The molecule has 1 saturated heterocycles. The molecular weight excluding hydrogens is 244 g/mol. The van der Waals surface area contributed by atoms with E-state index in [2.05, 4.69) is 33.3 Å². The Morgan fingerprint density at radius 3 is 3.06 bits per heavy atom. The Balaban J connectivity index is 1.71. The molecule has 2 aromatic rings. The number of aromatic nitrogens is 2. The summed E-state index contributed by atoms with van der Waals surface area (Å²) in [5, 5.41) is 11.5. The Morgan fingerprint density at radius 1 is 1.39 bits per heavy atom. The molecule has 0 aliphatic carbocycles. The van der Waals surface area contributed by atoms with Gasteiger partial charge in [0.15, 0.2) is 0 Å². The molecule has 1 aliphatic heterocycles. The molecule has 2 heterocycles. The third-order valence-electron chi connectivity index (χ3n) is 3.53. The minimum Gasteiger partial charge on any atom is -0.397 e. The summed E-state index contributed by atoms with van der Waals surface area (Å²) >= 11 is 2.06. The number of H-pyrrole nitrogens is 1. The lowest BCUT2D eigenvalue weighted by Gasteiger charge is -2.22. The van der Waals surface area contributed by atoms with Crippen molar-refractivity contribution in [2.45, 2.75) is 12.8 Å². The van der Waals surface area contributed by atoms with Crippen molar-refractivity contribution in [2.24, 2.45) is 5.92 Å². The Kier molecular flexibility index (Phi) is 3.32. The van der Waals surface area contributed by atoms with E-state index in [-0.39, 0.29) is 0 Å². The Bertz CT molecular complexity index is 531. The zero-order valence-electron chi connectivity index (χ0n) is 10.3. The van der Waals surface area contributed by atoms with E-state index in [0.29, 0.717) is 0 Å². The second-order valence-electron chi connectivity index (χ2n) is 4.83. The lowest BCUT2D eigenvalue weighted by Crippen LogP contribution is -2.19. The van der Waals surface area contributed by atoms with Crippen molar-refractivity contribution in [3.63, 3.8) is 0 Å². The van der Waals surface area contributed by atoms with Crippen molar-refractivity contribution in [1.82, 2.24) is 10.2 Å². The molecule has 18 heavy (non-hydrogen) atoms. The first-order valence-corrected chi connectivity index (χ1v) is 7.52. The summed E-state index contributed by atoms with van der Waals surface area (Å²) in [5.41, 5.74) is 8.90. The standard InChI is InChI=1S/C13H18N4S/c14-11-5-10-8-16-17-12(10)6-13(11)15-7-9-1-3-18-4-2-9/h5-6,8-9,15H,1-4,7,14H2,(H,16,17). The van der Waals surface area contributed by atoms with E-state index in [1.54, 1.807) is 6.20 Å². The van der Waals surface area contributed by atoms with Crippen LogP contribution in [0, 0.1) is 5.92 Å². The van der Waals surface area contributed by atoms with Crippen molar-refractivity contribution >= 4 is 34.0 Å². The molecule has 4 nitrogen and oxygen atoms in total. The maximum Gasteiger partial charge on any atom is 0.0672 e. The van der Waals surface area contributed by atoms with Crippen molar-refractivity contribution < 1.29 is 0 Å². The van der Waals surface area contributed by atoms with Crippen LogP contribution in [0.4, 0.5) is 11.4 Å². The number of aromatic amines is 1. The maximum atomic E-state index is 6.05. The third-order valence-corrected chi connectivity index (χ3v) is 4.58. The van der Waals surface area contributed by atoms with Crippen molar-refractivity contribution in [1.29, 1.82) is 0 Å². The number of hydrogen-bond donors (Lipinski definition) is 3. The first-order chi connectivity index (χ1) is 8.83. The Hall–Kier alpha value is -1.36. The second-order valence-corrected chi connectivity index (χ2v) is 6.06. The summed E-state index contributed by atoms with van der Waals surface area (Å²) in [5.74, 6) is 3.37. The third kappa shape index (κ3) is 2.41. The number of rotatable bonds is 3. The molecule has 0 saturated carbocycles. The summed E-state index contributed by atoms with van der Waals surface area (Å²) < 4.78 is 0. The van der Waals surface area contributed by atoms with Crippen LogP contribution in [-0.2, 0) is 0 Å². The average Bonchev–Trinajstić information content (AvgIpc) is 2.84. The second kappa shape index (κ2) is 5.10. The predicted octanol–water partition coefficient (Wildman–Crippen LogP) is 2.70. The van der Waals surface area contributed by atoms with E-state index in [1.165, 1.54) is 24.3 Å². The lowest BCUT2D eigenvalue weighted by atomic mass is 10.0. The molecule has 1 fully saturated rings. The number of thioether (sulfide) groups is 1. The van der Waals surface area contributed by atoms with Gasteiger partial charge in [0.1, 0.15) is 0 Å². The molecular formula is C13H18N4S. The number of nitrogens with zero attached hydrogens (tertiary/aromatic N) is 1. The number of nitrogens with one attached hydrogen (secondary N) is 2. The first-order valence-electron chi connectivity index (χ1n) is 6.37. The maximum absolute atomic E-state index is 6.05. The van der Waals surface area contributed by atoms with E-state index in [4.69, 9.17) is 5.73 Å². The van der Waals surface area contributed by atoms with Crippen LogP contribution in [0.1, 0.15) is 12.8 Å². The molecule has 5 heteroatoms. The largest absolute Gasteiger partial charge is 0.397 e. The van der Waals surface area contributed by atoms with Gasteiger partial charge in [-0.05, 0) is 42.4 Å². The molecule has 0 spiro atoms. The number of nitrogens with two attached hydrogens (primary N) is 1. The zero-order valence-corrected chi connectivity index (χ0v) is 11.1. The minimum absolute atomic E-state index is 0.781. The number of benzene rings is 1. The quantitative estimate of drug-likeness (QED) is 0.744. The summed E-state index contributed by atoms with van der Waals surface area (Å²) in [6, 6.07) is 4.02. The summed E-state index contributed by atoms with van der Waals surface area (Å²) in [7, 11) is 0. The molecule has 3 rings (SSSR count). The van der Waals surface area contributed by atoms with Crippen LogP contribution in [0.25, 0.3) is 10.9 Å². The van der Waals surface area contributed by atoms with E-state index in [9.17, 15) is 0 Å². The molecule has 0 unspecified atom stereocenters. The van der Waals surface area contributed by atoms with Gasteiger partial charge >= 0.3 is 0 Å². The van der Waals surface area contributed by atoms with Crippen LogP contribution in [-0.4, -0.2) is 28.2 Å². The normalized spacial score (nSPS) is 17.1. The van der Waals surface area contributed by atoms with Crippen LogP contribution in [0.2, 0.25) is 0 Å². The predicted molar refractivity (Wildman–Crippen MR) is 79.0 cm³/mol. The topological polar surface area (TPSA) is 66.7 Å². The SMILES string of the molecule is Nc1cc2cn[nH]c2cc1NCC1CCSCC1. The highest BCUT2D eigenvalue weighted by Gasteiger charge is 2.14. The molecule has 0 atom stereocenters. The fourth-order valence-corrected chi connectivity index (χ4v) is 3.57. The highest BCUT2D eigenvalue weighted by Crippen LogP contribution is 2.27. The highest BCUT2D eigenvalue weighted by molar-refractivity contribution is 7.99. The van der Waals surface area contributed by atoms with Gasteiger partial charge in [-0.1, -0.05) is 0 Å². The number of nitrogen functional groups attached to an aromatic ring is 1. The van der Waals surface area contributed by atoms with Crippen LogP contribution in [0.3, 0.4) is 0 Å². The van der Waals surface area contributed by atoms with Gasteiger partial charge in [-0.2, -0.15) is 16.9 Å². The fourth-order valence-electron chi connectivity index (χ4n) is 2.37. The van der Waals surface area contributed by atoms with E-state index >= 15 is 0 Å². The van der Waals surface area contributed by atoms with Gasteiger partial charge in [0.05, 0.1) is 23.1 Å². The van der Waals surface area contributed by atoms with E-state index in [1.807, 2.05) is 6.07 Å². The molecule has 1 aromatic carbocycles. The van der Waals surface area contributed by atoms with E-state index in [0.717, 1.165) is 34.7 Å². The summed E-state index contributed by atoms with van der Waals surface area (Å²) in [6.07, 6.45) is 4.42. The van der Waals surface area contributed by atoms with Crippen molar-refractivity contribution in [3.05, 3.63) is 18.3 Å². The fraction of sp³-hybridized carbons (Fsp3) is 0.462. The molecule has 96 valence electrons. The van der Waals surface area contributed by atoms with Gasteiger partial charge in [-0.3, -0.25) is 5.10 Å². The Morgan fingerprint density at radius 2 is 2.22 bits per heavy atom. The number of anilines is 2. The summed E-state index contributed by atoms with van der Waals surface area (Å²) in [4.78, 5) is 0. The lowest BCUT2D eigenvalue weighted by molar-refractivity contribution is 0.516. The van der Waals surface area contributed by atoms with Crippen LogP contribution in [0.15, 0.2) is 18.3 Å². The average molecular weight is 262 g/mol. The monoisotopic (exact) mass is 262 g/mol. The molecule has 0 amide bonds. The molecule has 1 aromatic heterocycles. The van der Waals surface area contributed by atoms with Gasteiger partial charge < -0.3 is 11.1 Å². The molecule has 0 radical (unpaired) electrons. The van der Waals surface area contributed by atoms with Gasteiger partial charge in [0.2, 0.25) is 0 Å². The van der Waals surface area contributed by atoms with Crippen molar-refractivity contribution in [3.8, 4) is 0 Å². The van der Waals surface area contributed by atoms with Crippen LogP contribution >= 0.6 is 11.8 Å². The first kappa shape index (κ1) is 11.7. The van der Waals surface area contributed by atoms with Crippen molar-refractivity contribution in [2.75, 3.05) is 29.1 Å². The van der Waals surface area contributed by atoms with Gasteiger partial charge in [-0.15, -0.1) is 0 Å². The van der Waals surface area contributed by atoms with Crippen LogP contribution in [0.5, 0.6) is 0 Å². The smallest absolute Gasteiger partial charge is 0.0672 e. The highest BCUT2D eigenvalue weighted by atomic mass is 32.2. The van der Waals surface area contributed by atoms with Gasteiger partial charge in [0.25, 0.3) is 0 Å². The Labute approximate surface area is 111 Å². The molecule has 0 bridgehead atoms. The molecule has 1 aliphatic rings. The minimum atomic E-state index is 0.781. The van der Waals surface area contributed by atoms with E-state index < -0.39 is 0 Å². The molecule has 4 N–H and O–H groups in total. The summed E-state index contributed by atoms with van der Waals surface area (Å²) in [6.45, 7) is 1.02. The van der Waals surface area contributed by atoms with Crippen LogP contribution < -0.4 is 11.1 Å². The number of hydrogen-bond acceptors (Lipinski definition) is 4. The number of fused-ring (bicyclic) bond motifs is 1. The van der Waals surface area contributed by atoms with Gasteiger partial charge in [-0.25, -0.2) is 0 Å². The zero-order chi connectivity index (χ0) is 12.4.